The zero-order valence-corrected chi connectivity index (χ0v) is 27.4. The Kier molecular flexibility index (Phi) is 17.0. The van der Waals surface area contributed by atoms with E-state index < -0.39 is 42.5 Å². The highest BCUT2D eigenvalue weighted by Gasteiger charge is 2.39. The fraction of sp³-hybridized carbons (Fsp3) is 0.345. The Morgan fingerprint density at radius 3 is 1.85 bits per heavy atom. The van der Waals surface area contributed by atoms with Crippen molar-refractivity contribution in [2.75, 3.05) is 31.7 Å². The van der Waals surface area contributed by atoms with Crippen LogP contribution in [-0.4, -0.2) is 105 Å². The standard InChI is InChI=1S/C23H26FN5OS.3C2HF3O2/c1-29(2)7-8-31-22-11-15(18-13-26-27-14-18)4-6-20(22)28-23(30)21-10-17-9-19(24)5-3-16(17)12-25-21;3*3-2(4,5)1(6)7/h3-6,9,11,13-14,21,25H,7-8,10,12H2,1-2H3,(H,26,27)(H,28,30);3*(H,6,7)/t21-;;;/m1.../s1. The lowest BCUT2D eigenvalue weighted by Gasteiger charge is -2.26. The van der Waals surface area contributed by atoms with Crippen molar-refractivity contribution in [3.8, 4) is 11.1 Å². The summed E-state index contributed by atoms with van der Waals surface area (Å²) in [6.07, 6.45) is -11.1. The number of carboxylic acid groups (broad SMARTS) is 3. The molecule has 288 valence electrons. The third-order valence-corrected chi connectivity index (χ3v) is 7.08. The molecule has 1 amide bonds. The zero-order valence-electron chi connectivity index (χ0n) is 26.6. The van der Waals surface area contributed by atoms with Crippen LogP contribution in [0.2, 0.25) is 0 Å². The van der Waals surface area contributed by atoms with Gasteiger partial charge in [-0.05, 0) is 61.5 Å². The molecule has 0 unspecified atom stereocenters. The molecule has 6 N–H and O–H groups in total. The number of benzene rings is 2. The first kappa shape index (κ1) is 45.1. The van der Waals surface area contributed by atoms with Gasteiger partial charge in [0.05, 0.1) is 17.9 Å². The maximum absolute atomic E-state index is 13.6. The fourth-order valence-corrected chi connectivity index (χ4v) is 4.72. The number of fused-ring (bicyclic) bond motifs is 1. The highest BCUT2D eigenvalue weighted by Crippen LogP contribution is 2.32. The van der Waals surface area contributed by atoms with Crippen LogP contribution in [0.3, 0.4) is 0 Å². The molecule has 1 aromatic heterocycles. The third-order valence-electron chi connectivity index (χ3n) is 6.04. The van der Waals surface area contributed by atoms with E-state index in [4.69, 9.17) is 29.7 Å². The number of anilines is 1. The molecule has 0 saturated carbocycles. The molecule has 0 saturated heterocycles. The maximum atomic E-state index is 13.6. The third kappa shape index (κ3) is 16.4. The lowest BCUT2D eigenvalue weighted by molar-refractivity contribution is -0.193. The van der Waals surface area contributed by atoms with E-state index in [-0.39, 0.29) is 11.7 Å². The molecule has 4 rings (SSSR count). The number of amides is 1. The Labute approximate surface area is 291 Å². The van der Waals surface area contributed by atoms with Gasteiger partial charge < -0.3 is 30.9 Å². The topological polar surface area (TPSA) is 185 Å². The van der Waals surface area contributed by atoms with Crippen LogP contribution >= 0.6 is 11.8 Å². The number of aromatic nitrogens is 2. The van der Waals surface area contributed by atoms with E-state index >= 15 is 0 Å². The summed E-state index contributed by atoms with van der Waals surface area (Å²) >= 11 is 1.71. The zero-order chi connectivity index (χ0) is 40.0. The molecule has 0 aliphatic carbocycles. The number of rotatable bonds is 7. The van der Waals surface area contributed by atoms with Crippen molar-refractivity contribution in [3.05, 3.63) is 65.7 Å². The Bertz CT molecular complexity index is 1590. The molecule has 2 aromatic carbocycles. The first-order chi connectivity index (χ1) is 23.8. The van der Waals surface area contributed by atoms with Crippen molar-refractivity contribution in [2.45, 2.75) is 42.4 Å². The number of carboxylic acids is 3. The van der Waals surface area contributed by atoms with Gasteiger partial charge in [-0.25, -0.2) is 18.8 Å². The van der Waals surface area contributed by atoms with Gasteiger partial charge in [-0.1, -0.05) is 12.1 Å². The van der Waals surface area contributed by atoms with Crippen molar-refractivity contribution < 1.29 is 78.4 Å². The van der Waals surface area contributed by atoms with Gasteiger partial charge in [0.2, 0.25) is 5.91 Å². The lowest BCUT2D eigenvalue weighted by atomic mass is 9.95. The van der Waals surface area contributed by atoms with Crippen molar-refractivity contribution in [2.24, 2.45) is 0 Å². The number of aliphatic carboxylic acids is 3. The van der Waals surface area contributed by atoms with Crippen LogP contribution in [0.5, 0.6) is 0 Å². The molecule has 1 aliphatic rings. The van der Waals surface area contributed by atoms with Crippen LogP contribution in [0.1, 0.15) is 11.1 Å². The van der Waals surface area contributed by atoms with Gasteiger partial charge in [0, 0.05) is 35.5 Å². The minimum Gasteiger partial charge on any atom is -0.475 e. The second-order valence-electron chi connectivity index (χ2n) is 10.3. The number of hydrogen-bond donors (Lipinski definition) is 6. The first-order valence-electron chi connectivity index (χ1n) is 14.0. The minimum atomic E-state index is -5.08. The molecular formula is C29H29F10N5O7S. The molecule has 0 radical (unpaired) electrons. The molecule has 52 heavy (non-hydrogen) atoms. The van der Waals surface area contributed by atoms with E-state index in [0.717, 1.165) is 45.1 Å². The molecular weight excluding hydrogens is 752 g/mol. The molecule has 0 spiro atoms. The summed E-state index contributed by atoms with van der Waals surface area (Å²) in [4.78, 5) is 42.8. The summed E-state index contributed by atoms with van der Waals surface area (Å²) in [5.74, 6) is -7.75. The van der Waals surface area contributed by atoms with Crippen LogP contribution in [0.4, 0.5) is 49.6 Å². The molecule has 1 aliphatic heterocycles. The number of nitrogens with one attached hydrogen (secondary N) is 3. The number of nitrogens with zero attached hydrogens (tertiary/aromatic N) is 2. The van der Waals surface area contributed by atoms with Gasteiger partial charge in [-0.2, -0.15) is 44.6 Å². The van der Waals surface area contributed by atoms with Crippen molar-refractivity contribution >= 4 is 41.3 Å². The van der Waals surface area contributed by atoms with Crippen LogP contribution in [0.25, 0.3) is 11.1 Å². The number of hydrogen-bond acceptors (Lipinski definition) is 8. The van der Waals surface area contributed by atoms with Gasteiger partial charge >= 0.3 is 36.4 Å². The van der Waals surface area contributed by atoms with Crippen LogP contribution in [0, 0.1) is 5.82 Å². The molecule has 12 nitrogen and oxygen atoms in total. The van der Waals surface area contributed by atoms with Gasteiger partial charge in [0.1, 0.15) is 5.82 Å². The van der Waals surface area contributed by atoms with Crippen LogP contribution in [0.15, 0.2) is 53.7 Å². The Hall–Kier alpha value is -4.90. The molecule has 2 heterocycles. The van der Waals surface area contributed by atoms with Crippen LogP contribution in [-0.2, 0) is 32.1 Å². The quantitative estimate of drug-likeness (QED) is 0.133. The molecule has 23 heteroatoms. The van der Waals surface area contributed by atoms with Crippen molar-refractivity contribution in [3.63, 3.8) is 0 Å². The highest BCUT2D eigenvalue weighted by atomic mass is 32.2. The summed E-state index contributed by atoms with van der Waals surface area (Å²) in [6.45, 7) is 1.48. The number of H-pyrrole nitrogens is 1. The van der Waals surface area contributed by atoms with Crippen molar-refractivity contribution in [1.29, 1.82) is 0 Å². The number of alkyl halides is 9. The van der Waals surface area contributed by atoms with Crippen LogP contribution < -0.4 is 10.6 Å². The van der Waals surface area contributed by atoms with E-state index in [9.17, 15) is 48.7 Å². The van der Waals surface area contributed by atoms with E-state index in [2.05, 4.69) is 31.8 Å². The largest absolute Gasteiger partial charge is 0.490 e. The molecule has 1 atom stereocenters. The van der Waals surface area contributed by atoms with Gasteiger partial charge in [0.25, 0.3) is 0 Å². The predicted molar refractivity (Wildman–Crippen MR) is 164 cm³/mol. The highest BCUT2D eigenvalue weighted by molar-refractivity contribution is 7.99. The van der Waals surface area contributed by atoms with E-state index in [1.54, 1.807) is 24.0 Å². The lowest BCUT2D eigenvalue weighted by Crippen LogP contribution is -2.44. The van der Waals surface area contributed by atoms with E-state index in [1.807, 2.05) is 32.4 Å². The van der Waals surface area contributed by atoms with E-state index in [0.29, 0.717) is 13.0 Å². The molecule has 0 bridgehead atoms. The van der Waals surface area contributed by atoms with E-state index in [1.165, 1.54) is 12.1 Å². The number of aromatic amines is 1. The number of carbonyl (C=O) groups is 4. The summed E-state index contributed by atoms with van der Waals surface area (Å²) in [5.41, 5.74) is 4.75. The first-order valence-corrected chi connectivity index (χ1v) is 14.9. The smallest absolute Gasteiger partial charge is 0.475 e. The second kappa shape index (κ2) is 19.6. The Balaban J connectivity index is 0.000000525. The minimum absolute atomic E-state index is 0.111. The van der Waals surface area contributed by atoms with Gasteiger partial charge in [0.15, 0.2) is 0 Å². The normalized spacial score (nSPS) is 13.9. The number of halogens is 10. The van der Waals surface area contributed by atoms with Crippen molar-refractivity contribution in [1.82, 2.24) is 20.4 Å². The summed E-state index contributed by atoms with van der Waals surface area (Å²) < 4.78 is 109. The fourth-order valence-electron chi connectivity index (χ4n) is 3.56. The van der Waals surface area contributed by atoms with Gasteiger partial charge in [-0.15, -0.1) is 11.8 Å². The monoisotopic (exact) mass is 781 g/mol. The summed E-state index contributed by atoms with van der Waals surface area (Å²) in [5, 5.41) is 34.6. The predicted octanol–water partition coefficient (Wildman–Crippen LogP) is 5.42. The average Bonchev–Trinajstić information content (AvgIpc) is 3.56. The number of thioether (sulfide) groups is 1. The Morgan fingerprint density at radius 1 is 0.846 bits per heavy atom. The summed E-state index contributed by atoms with van der Waals surface area (Å²) in [7, 11) is 4.08. The van der Waals surface area contributed by atoms with Gasteiger partial charge in [-0.3, -0.25) is 9.89 Å². The number of carbonyl (C=O) groups excluding carboxylic acids is 1. The summed E-state index contributed by atoms with van der Waals surface area (Å²) in [6, 6.07) is 10.4. The molecule has 3 aromatic rings. The SMILES string of the molecule is CN(C)CCSc1cc(-c2cn[nH]c2)ccc1NC(=O)[C@H]1Cc2cc(F)ccc2CN1.O=C(O)C(F)(F)F.O=C(O)C(F)(F)F.O=C(O)C(F)(F)F. The maximum Gasteiger partial charge on any atom is 0.490 e. The second-order valence-corrected chi connectivity index (χ2v) is 11.4. The Morgan fingerprint density at radius 2 is 1.38 bits per heavy atom. The average molecular weight is 782 g/mol. The molecule has 0 fully saturated rings.